The Morgan fingerprint density at radius 2 is 2.00 bits per heavy atom. The molecule has 4 heteroatoms. The van der Waals surface area contributed by atoms with Gasteiger partial charge in [0.25, 0.3) is 5.91 Å². The van der Waals surface area contributed by atoms with E-state index in [0.29, 0.717) is 22.5 Å². The molecule has 2 unspecified atom stereocenters. The van der Waals surface area contributed by atoms with Crippen LogP contribution < -0.4 is 5.32 Å². The van der Waals surface area contributed by atoms with Crippen LogP contribution in [-0.2, 0) is 0 Å². The smallest absolute Gasteiger partial charge is 0.253 e. The fraction of sp³-hybridized carbons (Fsp3) is 0.533. The zero-order valence-corrected chi connectivity index (χ0v) is 13.1. The molecular weight excluding hydrogens is 260 g/mol. The Balaban J connectivity index is 2.95. The third kappa shape index (κ3) is 4.13. The molecule has 0 saturated carbocycles. The van der Waals surface area contributed by atoms with Gasteiger partial charge in [0.15, 0.2) is 0 Å². The van der Waals surface area contributed by atoms with E-state index in [1.807, 2.05) is 6.07 Å². The largest absolute Gasteiger partial charge is 0.381 e. The summed E-state index contributed by atoms with van der Waals surface area (Å²) in [6, 6.07) is 5.66. The van der Waals surface area contributed by atoms with E-state index in [2.05, 4.69) is 26.1 Å². The van der Waals surface area contributed by atoms with E-state index in [4.69, 9.17) is 11.6 Å². The number of hydrogen-bond acceptors (Lipinski definition) is 2. The van der Waals surface area contributed by atoms with Crippen molar-refractivity contribution in [3.05, 3.63) is 28.8 Å². The van der Waals surface area contributed by atoms with Gasteiger partial charge in [-0.3, -0.25) is 4.79 Å². The summed E-state index contributed by atoms with van der Waals surface area (Å²) in [5.74, 6) is 0.528. The molecule has 1 aromatic rings. The van der Waals surface area contributed by atoms with E-state index in [9.17, 15) is 4.79 Å². The Labute approximate surface area is 120 Å². The van der Waals surface area contributed by atoms with Crippen LogP contribution in [-0.4, -0.2) is 30.9 Å². The first-order chi connectivity index (χ1) is 8.86. The number of anilines is 1. The van der Waals surface area contributed by atoms with Gasteiger partial charge in [-0.2, -0.15) is 0 Å². The van der Waals surface area contributed by atoms with Crippen molar-refractivity contribution in [2.45, 2.75) is 33.2 Å². The highest BCUT2D eigenvalue weighted by Gasteiger charge is 2.14. The second kappa shape index (κ2) is 6.80. The van der Waals surface area contributed by atoms with Crippen molar-refractivity contribution in [1.29, 1.82) is 0 Å². The highest BCUT2D eigenvalue weighted by Crippen LogP contribution is 2.25. The van der Waals surface area contributed by atoms with Crippen LogP contribution in [0, 0.1) is 5.92 Å². The predicted octanol–water partition coefficient (Wildman–Crippen LogP) is 3.89. The summed E-state index contributed by atoms with van der Waals surface area (Å²) in [6.07, 6.45) is 1.10. The Bertz CT molecular complexity index is 446. The number of carbonyl (C=O) groups is 1. The third-order valence-electron chi connectivity index (χ3n) is 3.50. The van der Waals surface area contributed by atoms with Crippen molar-refractivity contribution in [2.24, 2.45) is 5.92 Å². The lowest BCUT2D eigenvalue weighted by atomic mass is 10.0. The van der Waals surface area contributed by atoms with E-state index in [1.54, 1.807) is 31.1 Å². The van der Waals surface area contributed by atoms with Gasteiger partial charge in [0.1, 0.15) is 0 Å². The summed E-state index contributed by atoms with van der Waals surface area (Å²) in [4.78, 5) is 13.5. The van der Waals surface area contributed by atoms with Crippen molar-refractivity contribution in [3.63, 3.8) is 0 Å². The van der Waals surface area contributed by atoms with E-state index >= 15 is 0 Å². The monoisotopic (exact) mass is 282 g/mol. The average molecular weight is 283 g/mol. The zero-order valence-electron chi connectivity index (χ0n) is 12.3. The van der Waals surface area contributed by atoms with Gasteiger partial charge >= 0.3 is 0 Å². The fourth-order valence-corrected chi connectivity index (χ4v) is 1.94. The highest BCUT2D eigenvalue weighted by atomic mass is 35.5. The van der Waals surface area contributed by atoms with Crippen molar-refractivity contribution in [3.8, 4) is 0 Å². The molecule has 0 radical (unpaired) electrons. The molecule has 1 aromatic carbocycles. The second-order valence-electron chi connectivity index (χ2n) is 5.21. The molecule has 0 aliphatic heterocycles. The van der Waals surface area contributed by atoms with Gasteiger partial charge in [-0.15, -0.1) is 0 Å². The minimum atomic E-state index is -0.0177. The number of nitrogens with one attached hydrogen (secondary N) is 1. The maximum atomic E-state index is 11.9. The van der Waals surface area contributed by atoms with Gasteiger partial charge in [-0.25, -0.2) is 0 Å². The molecule has 0 aromatic heterocycles. The number of benzene rings is 1. The van der Waals surface area contributed by atoms with Crippen molar-refractivity contribution >= 4 is 23.2 Å². The Morgan fingerprint density at radius 3 is 2.53 bits per heavy atom. The lowest BCUT2D eigenvalue weighted by Crippen LogP contribution is -2.24. The SMILES string of the molecule is CCC(C)C(C)Nc1cc(C(=O)N(C)C)ccc1Cl. The molecule has 0 aliphatic carbocycles. The predicted molar refractivity (Wildman–Crippen MR) is 82.0 cm³/mol. The van der Waals surface area contributed by atoms with E-state index in [0.717, 1.165) is 12.1 Å². The summed E-state index contributed by atoms with van der Waals surface area (Å²) < 4.78 is 0. The summed E-state index contributed by atoms with van der Waals surface area (Å²) in [6.45, 7) is 6.49. The van der Waals surface area contributed by atoms with Gasteiger partial charge in [0.2, 0.25) is 0 Å². The van der Waals surface area contributed by atoms with Crippen LogP contribution in [0.1, 0.15) is 37.6 Å². The summed E-state index contributed by atoms with van der Waals surface area (Å²) in [5.41, 5.74) is 1.47. The molecule has 106 valence electrons. The van der Waals surface area contributed by atoms with Gasteiger partial charge < -0.3 is 10.2 Å². The van der Waals surface area contributed by atoms with E-state index in [-0.39, 0.29) is 5.91 Å². The molecule has 0 aliphatic rings. The molecule has 3 nitrogen and oxygen atoms in total. The molecule has 2 atom stereocenters. The van der Waals surface area contributed by atoms with Crippen molar-refractivity contribution in [2.75, 3.05) is 19.4 Å². The quantitative estimate of drug-likeness (QED) is 0.889. The number of hydrogen-bond donors (Lipinski definition) is 1. The zero-order chi connectivity index (χ0) is 14.6. The molecule has 1 amide bonds. The maximum Gasteiger partial charge on any atom is 0.253 e. The number of rotatable bonds is 5. The Morgan fingerprint density at radius 1 is 1.37 bits per heavy atom. The van der Waals surface area contributed by atoms with Gasteiger partial charge in [-0.05, 0) is 31.0 Å². The normalized spacial score (nSPS) is 13.8. The first-order valence-corrected chi connectivity index (χ1v) is 7.02. The first kappa shape index (κ1) is 15.8. The summed E-state index contributed by atoms with van der Waals surface area (Å²) in [5, 5.41) is 4.04. The summed E-state index contributed by atoms with van der Waals surface area (Å²) in [7, 11) is 3.48. The lowest BCUT2D eigenvalue weighted by Gasteiger charge is -2.22. The molecule has 0 spiro atoms. The van der Waals surface area contributed by atoms with E-state index < -0.39 is 0 Å². The lowest BCUT2D eigenvalue weighted by molar-refractivity contribution is 0.0827. The van der Waals surface area contributed by atoms with Gasteiger partial charge in [0.05, 0.1) is 10.7 Å². The van der Waals surface area contributed by atoms with Gasteiger partial charge in [0, 0.05) is 25.7 Å². The second-order valence-corrected chi connectivity index (χ2v) is 5.62. The maximum absolute atomic E-state index is 11.9. The molecule has 1 N–H and O–H groups in total. The van der Waals surface area contributed by atoms with Crippen LogP contribution >= 0.6 is 11.6 Å². The van der Waals surface area contributed by atoms with Crippen LogP contribution in [0.4, 0.5) is 5.69 Å². The van der Waals surface area contributed by atoms with Crippen LogP contribution in [0.5, 0.6) is 0 Å². The van der Waals surface area contributed by atoms with Crippen molar-refractivity contribution in [1.82, 2.24) is 4.90 Å². The molecule has 19 heavy (non-hydrogen) atoms. The van der Waals surface area contributed by atoms with Crippen LogP contribution in [0.2, 0.25) is 5.02 Å². The minimum Gasteiger partial charge on any atom is -0.381 e. The molecule has 0 bridgehead atoms. The number of carbonyl (C=O) groups excluding carboxylic acids is 1. The molecule has 1 rings (SSSR count). The molecule has 0 saturated heterocycles. The van der Waals surface area contributed by atoms with Crippen LogP contribution in [0.25, 0.3) is 0 Å². The fourth-order valence-electron chi connectivity index (χ4n) is 1.77. The summed E-state index contributed by atoms with van der Waals surface area (Å²) >= 11 is 6.19. The minimum absolute atomic E-state index is 0.0177. The molecule has 0 fully saturated rings. The Kier molecular flexibility index (Phi) is 5.67. The van der Waals surface area contributed by atoms with Crippen LogP contribution in [0.3, 0.4) is 0 Å². The topological polar surface area (TPSA) is 32.3 Å². The molecular formula is C15H23ClN2O. The van der Waals surface area contributed by atoms with Crippen LogP contribution in [0.15, 0.2) is 18.2 Å². The number of amides is 1. The first-order valence-electron chi connectivity index (χ1n) is 6.64. The number of halogens is 1. The van der Waals surface area contributed by atoms with Gasteiger partial charge in [-0.1, -0.05) is 31.9 Å². The third-order valence-corrected chi connectivity index (χ3v) is 3.83. The highest BCUT2D eigenvalue weighted by molar-refractivity contribution is 6.33. The standard InChI is InChI=1S/C15H23ClN2O/c1-6-10(2)11(3)17-14-9-12(7-8-13(14)16)15(19)18(4)5/h7-11,17H,6H2,1-5H3. The average Bonchev–Trinajstić information content (AvgIpc) is 2.39. The Hall–Kier alpha value is -1.22. The van der Waals surface area contributed by atoms with Crippen molar-refractivity contribution < 1.29 is 4.79 Å². The van der Waals surface area contributed by atoms with E-state index in [1.165, 1.54) is 0 Å². The number of nitrogens with zero attached hydrogens (tertiary/aromatic N) is 1. The molecule has 0 heterocycles.